The lowest BCUT2D eigenvalue weighted by Crippen LogP contribution is -2.53. The zero-order valence-electron chi connectivity index (χ0n) is 10.9. The van der Waals surface area contributed by atoms with Crippen LogP contribution in [0.15, 0.2) is 24.3 Å². The molecule has 0 saturated heterocycles. The Morgan fingerprint density at radius 1 is 1.42 bits per heavy atom. The summed E-state index contributed by atoms with van der Waals surface area (Å²) < 4.78 is 10.9. The third-order valence-corrected chi connectivity index (χ3v) is 3.70. The van der Waals surface area contributed by atoms with Gasteiger partial charge in [0.1, 0.15) is 5.75 Å². The van der Waals surface area contributed by atoms with E-state index >= 15 is 0 Å². The van der Waals surface area contributed by atoms with Gasteiger partial charge in [0.25, 0.3) is 5.91 Å². The lowest BCUT2D eigenvalue weighted by atomic mass is 9.89. The summed E-state index contributed by atoms with van der Waals surface area (Å²) in [6.45, 7) is 0.503. The van der Waals surface area contributed by atoms with Crippen LogP contribution in [-0.4, -0.2) is 37.8 Å². The number of methoxy groups -OCH3 is 1. The van der Waals surface area contributed by atoms with Gasteiger partial charge in [-0.05, 0) is 25.0 Å². The minimum absolute atomic E-state index is 0.0541. The highest BCUT2D eigenvalue weighted by Gasteiger charge is 2.33. The predicted molar refractivity (Wildman–Crippen MR) is 71.3 cm³/mol. The number of ether oxygens (including phenoxy) is 2. The Morgan fingerprint density at radius 2 is 2.21 bits per heavy atom. The van der Waals surface area contributed by atoms with Crippen molar-refractivity contribution in [2.45, 2.75) is 31.1 Å². The first-order valence-corrected chi connectivity index (χ1v) is 6.59. The number of fused-ring (bicyclic) bond motifs is 1. The van der Waals surface area contributed by atoms with Gasteiger partial charge in [0.15, 0.2) is 6.10 Å². The van der Waals surface area contributed by atoms with Gasteiger partial charge in [-0.2, -0.15) is 0 Å². The summed E-state index contributed by atoms with van der Waals surface area (Å²) in [5.74, 6) is 0.679. The van der Waals surface area contributed by atoms with E-state index in [-0.39, 0.29) is 18.1 Å². The molecule has 102 valence electrons. The lowest BCUT2D eigenvalue weighted by Gasteiger charge is -2.36. The summed E-state index contributed by atoms with van der Waals surface area (Å²) in [7, 11) is 1.70. The Kier molecular flexibility index (Phi) is 3.29. The molecule has 3 rings (SSSR count). The van der Waals surface area contributed by atoms with E-state index in [9.17, 15) is 4.79 Å². The molecular formula is C14H18N2O3. The summed E-state index contributed by atoms with van der Waals surface area (Å²) in [6.07, 6.45) is 1.60. The van der Waals surface area contributed by atoms with Crippen LogP contribution >= 0.6 is 0 Å². The Hall–Kier alpha value is -1.75. The van der Waals surface area contributed by atoms with Crippen molar-refractivity contribution in [3.63, 3.8) is 0 Å². The molecule has 1 amide bonds. The molecule has 1 atom stereocenters. The smallest absolute Gasteiger partial charge is 0.263 e. The molecule has 0 spiro atoms. The van der Waals surface area contributed by atoms with Gasteiger partial charge in [-0.15, -0.1) is 0 Å². The highest BCUT2D eigenvalue weighted by Crippen LogP contribution is 2.28. The summed E-state index contributed by atoms with van der Waals surface area (Å²) in [4.78, 5) is 12.1. The number of rotatable bonds is 3. The van der Waals surface area contributed by atoms with E-state index < -0.39 is 6.10 Å². The SMILES string of the molecule is COC1CC(NC(=O)C2CNc3ccccc3O2)C1. The number of anilines is 1. The highest BCUT2D eigenvalue weighted by molar-refractivity contribution is 5.83. The van der Waals surface area contributed by atoms with E-state index in [1.54, 1.807) is 7.11 Å². The molecule has 5 heteroatoms. The van der Waals surface area contributed by atoms with Crippen molar-refractivity contribution in [2.24, 2.45) is 0 Å². The van der Waals surface area contributed by atoms with Crippen molar-refractivity contribution in [3.8, 4) is 5.75 Å². The third-order valence-electron chi connectivity index (χ3n) is 3.70. The molecule has 0 aromatic heterocycles. The molecular weight excluding hydrogens is 244 g/mol. The lowest BCUT2D eigenvalue weighted by molar-refractivity contribution is -0.130. The largest absolute Gasteiger partial charge is 0.477 e. The van der Waals surface area contributed by atoms with Crippen molar-refractivity contribution in [2.75, 3.05) is 19.0 Å². The van der Waals surface area contributed by atoms with Gasteiger partial charge in [0.2, 0.25) is 0 Å². The minimum atomic E-state index is -0.462. The van der Waals surface area contributed by atoms with Crippen molar-refractivity contribution in [1.82, 2.24) is 5.32 Å². The molecule has 2 N–H and O–H groups in total. The number of hydrogen-bond donors (Lipinski definition) is 2. The van der Waals surface area contributed by atoms with E-state index in [4.69, 9.17) is 9.47 Å². The second-order valence-electron chi connectivity index (χ2n) is 5.02. The molecule has 1 saturated carbocycles. The first-order valence-electron chi connectivity index (χ1n) is 6.59. The van der Waals surface area contributed by atoms with Crippen LogP contribution < -0.4 is 15.4 Å². The quantitative estimate of drug-likeness (QED) is 0.858. The molecule has 2 aliphatic rings. The molecule has 5 nitrogen and oxygen atoms in total. The molecule has 1 aromatic carbocycles. The maximum atomic E-state index is 12.1. The summed E-state index contributed by atoms with van der Waals surface area (Å²) in [5.41, 5.74) is 0.939. The third kappa shape index (κ3) is 2.51. The first-order chi connectivity index (χ1) is 9.26. The normalized spacial score (nSPS) is 28.4. The molecule has 0 bridgehead atoms. The van der Waals surface area contributed by atoms with E-state index in [2.05, 4.69) is 10.6 Å². The zero-order valence-corrected chi connectivity index (χ0v) is 10.9. The van der Waals surface area contributed by atoms with Gasteiger partial charge < -0.3 is 20.1 Å². The Balaban J connectivity index is 1.55. The molecule has 1 fully saturated rings. The number of nitrogens with one attached hydrogen (secondary N) is 2. The molecule has 1 aliphatic carbocycles. The summed E-state index contributed by atoms with van der Waals surface area (Å²) >= 11 is 0. The van der Waals surface area contributed by atoms with E-state index in [0.29, 0.717) is 6.54 Å². The highest BCUT2D eigenvalue weighted by atomic mass is 16.5. The molecule has 19 heavy (non-hydrogen) atoms. The van der Waals surface area contributed by atoms with Crippen molar-refractivity contribution in [3.05, 3.63) is 24.3 Å². The van der Waals surface area contributed by atoms with Crippen LogP contribution in [0.25, 0.3) is 0 Å². The maximum Gasteiger partial charge on any atom is 0.263 e. The average Bonchev–Trinajstić information content (AvgIpc) is 2.41. The van der Waals surface area contributed by atoms with E-state index in [0.717, 1.165) is 24.3 Å². The minimum Gasteiger partial charge on any atom is -0.477 e. The molecule has 1 aliphatic heterocycles. The fourth-order valence-electron chi connectivity index (χ4n) is 2.43. The molecule has 1 heterocycles. The zero-order chi connectivity index (χ0) is 13.2. The monoisotopic (exact) mass is 262 g/mol. The van der Waals surface area contributed by atoms with Crippen molar-refractivity contribution >= 4 is 11.6 Å². The van der Waals surface area contributed by atoms with Gasteiger partial charge in [0.05, 0.1) is 18.3 Å². The van der Waals surface area contributed by atoms with Gasteiger partial charge in [-0.1, -0.05) is 12.1 Å². The molecule has 0 radical (unpaired) electrons. The fourth-order valence-corrected chi connectivity index (χ4v) is 2.43. The maximum absolute atomic E-state index is 12.1. The van der Waals surface area contributed by atoms with Crippen LogP contribution in [-0.2, 0) is 9.53 Å². The van der Waals surface area contributed by atoms with Crippen LogP contribution in [0.2, 0.25) is 0 Å². The van der Waals surface area contributed by atoms with Gasteiger partial charge >= 0.3 is 0 Å². The number of carbonyl (C=O) groups is 1. The summed E-state index contributed by atoms with van der Waals surface area (Å²) in [5, 5.41) is 6.21. The van der Waals surface area contributed by atoms with Gasteiger partial charge in [-0.25, -0.2) is 0 Å². The Morgan fingerprint density at radius 3 is 3.00 bits per heavy atom. The number of benzene rings is 1. The number of amides is 1. The number of carbonyl (C=O) groups excluding carboxylic acids is 1. The van der Waals surface area contributed by atoms with Crippen molar-refractivity contribution < 1.29 is 14.3 Å². The molecule has 1 unspecified atom stereocenters. The van der Waals surface area contributed by atoms with Crippen LogP contribution in [0.5, 0.6) is 5.75 Å². The van der Waals surface area contributed by atoms with Gasteiger partial charge in [0, 0.05) is 13.2 Å². The van der Waals surface area contributed by atoms with Crippen LogP contribution in [0.1, 0.15) is 12.8 Å². The Bertz CT molecular complexity index is 472. The second kappa shape index (κ2) is 5.09. The van der Waals surface area contributed by atoms with Crippen LogP contribution in [0.4, 0.5) is 5.69 Å². The van der Waals surface area contributed by atoms with Crippen molar-refractivity contribution in [1.29, 1.82) is 0 Å². The standard InChI is InChI=1S/C14H18N2O3/c1-18-10-6-9(7-10)16-14(17)13-8-15-11-4-2-3-5-12(11)19-13/h2-5,9-10,13,15H,6-8H2,1H3,(H,16,17). The Labute approximate surface area is 112 Å². The second-order valence-corrected chi connectivity index (χ2v) is 5.02. The van der Waals surface area contributed by atoms with Crippen LogP contribution in [0, 0.1) is 0 Å². The van der Waals surface area contributed by atoms with Crippen LogP contribution in [0.3, 0.4) is 0 Å². The van der Waals surface area contributed by atoms with E-state index in [1.165, 1.54) is 0 Å². The topological polar surface area (TPSA) is 59.6 Å². The van der Waals surface area contributed by atoms with Gasteiger partial charge in [-0.3, -0.25) is 4.79 Å². The summed E-state index contributed by atoms with van der Waals surface area (Å²) in [6, 6.07) is 7.87. The number of para-hydroxylation sites is 2. The fraction of sp³-hybridized carbons (Fsp3) is 0.500. The number of hydrogen-bond acceptors (Lipinski definition) is 4. The average molecular weight is 262 g/mol. The molecule has 1 aromatic rings. The first kappa shape index (κ1) is 12.3. The predicted octanol–water partition coefficient (Wildman–Crippen LogP) is 1.15. The van der Waals surface area contributed by atoms with E-state index in [1.807, 2.05) is 24.3 Å².